The molecular weight excluding hydrogens is 460 g/mol. The van der Waals surface area contributed by atoms with Crippen LogP contribution in [0.1, 0.15) is 73.1 Å². The minimum absolute atomic E-state index is 0.000429. The Kier molecular flexibility index (Phi) is 6.92. The van der Waals surface area contributed by atoms with E-state index in [1.54, 1.807) is 13.8 Å². The molecule has 0 spiro atoms. The predicted molar refractivity (Wildman–Crippen MR) is 136 cm³/mol. The third-order valence-electron chi connectivity index (χ3n) is 10.2. The number of carbonyl (C=O) groups excluding carboxylic acids is 1. The molecule has 4 N–H and O–H groups in total. The standard InChI is InChI=1S/C28H42N2O6/c1-25(2,23(32)24(33)34)16-29-22(31)15-36-30-18-8-11-26(3)17(14-18)6-7-19-20(26)9-12-27(4)21(19)10-13-28(27,5)35/h8,11,14,19-21,23,32,35H,6-7,9-10,12-13,15-16H2,1-5H3,(H,29,31)(H,33,34)/t19-,20+,21+,23-,26+,27+,28+/m1/s1. The summed E-state index contributed by atoms with van der Waals surface area (Å²) in [5.74, 6) is -0.0187. The van der Waals surface area contributed by atoms with E-state index in [9.17, 15) is 19.8 Å². The first kappa shape index (κ1) is 26.9. The summed E-state index contributed by atoms with van der Waals surface area (Å²) >= 11 is 0. The number of rotatable bonds is 7. The molecule has 0 aliphatic heterocycles. The molecule has 200 valence electrons. The first-order chi connectivity index (χ1) is 16.7. The lowest BCUT2D eigenvalue weighted by molar-refractivity contribution is -0.153. The van der Waals surface area contributed by atoms with Crippen LogP contribution in [0, 0.1) is 34.0 Å². The molecule has 36 heavy (non-hydrogen) atoms. The van der Waals surface area contributed by atoms with Crippen LogP contribution in [0.4, 0.5) is 0 Å². The molecule has 3 fully saturated rings. The summed E-state index contributed by atoms with van der Waals surface area (Å²) in [6.45, 7) is 9.52. The Bertz CT molecular complexity index is 998. The second kappa shape index (κ2) is 9.28. The van der Waals surface area contributed by atoms with Crippen molar-refractivity contribution in [1.29, 1.82) is 0 Å². The molecule has 4 aliphatic rings. The van der Waals surface area contributed by atoms with Crippen molar-refractivity contribution < 1.29 is 29.7 Å². The van der Waals surface area contributed by atoms with Gasteiger partial charge in [0.1, 0.15) is 5.71 Å². The number of carbonyl (C=O) groups is 2. The highest BCUT2D eigenvalue weighted by Gasteiger charge is 2.62. The normalized spacial score (nSPS) is 39.5. The zero-order valence-corrected chi connectivity index (χ0v) is 22.2. The number of carboxylic acid groups (broad SMARTS) is 1. The average Bonchev–Trinajstić information content (AvgIpc) is 3.06. The van der Waals surface area contributed by atoms with Crippen molar-refractivity contribution in [3.63, 3.8) is 0 Å². The summed E-state index contributed by atoms with van der Waals surface area (Å²) in [6, 6.07) is 0. The number of aliphatic hydroxyl groups is 2. The molecule has 8 nitrogen and oxygen atoms in total. The Morgan fingerprint density at radius 2 is 1.89 bits per heavy atom. The third kappa shape index (κ3) is 4.51. The van der Waals surface area contributed by atoms with E-state index in [1.165, 1.54) is 5.57 Å². The molecule has 8 heteroatoms. The molecule has 4 aliphatic carbocycles. The minimum Gasteiger partial charge on any atom is -0.479 e. The lowest BCUT2D eigenvalue weighted by Crippen LogP contribution is -2.53. The number of oxime groups is 1. The largest absolute Gasteiger partial charge is 0.479 e. The number of hydrogen-bond donors (Lipinski definition) is 4. The van der Waals surface area contributed by atoms with Gasteiger partial charge in [-0.25, -0.2) is 4.79 Å². The van der Waals surface area contributed by atoms with Crippen LogP contribution < -0.4 is 5.32 Å². The smallest absolute Gasteiger partial charge is 0.333 e. The summed E-state index contributed by atoms with van der Waals surface area (Å²) in [5, 5.41) is 36.6. The van der Waals surface area contributed by atoms with Gasteiger partial charge in [-0.05, 0) is 80.8 Å². The summed E-state index contributed by atoms with van der Waals surface area (Å²) in [7, 11) is 0. The molecule has 7 atom stereocenters. The Balaban J connectivity index is 1.35. The summed E-state index contributed by atoms with van der Waals surface area (Å²) in [5.41, 5.74) is 0.434. The van der Waals surface area contributed by atoms with E-state index in [4.69, 9.17) is 9.94 Å². The van der Waals surface area contributed by atoms with E-state index in [1.807, 2.05) is 13.0 Å². The Labute approximate surface area is 213 Å². The molecule has 0 aromatic carbocycles. The third-order valence-corrected chi connectivity index (χ3v) is 10.2. The highest BCUT2D eigenvalue weighted by Crippen LogP contribution is 2.66. The number of fused-ring (bicyclic) bond motifs is 5. The lowest BCUT2D eigenvalue weighted by atomic mass is 9.47. The molecule has 1 amide bonds. The van der Waals surface area contributed by atoms with Crippen molar-refractivity contribution in [3.05, 3.63) is 23.8 Å². The molecule has 0 bridgehead atoms. The summed E-state index contributed by atoms with van der Waals surface area (Å²) in [6.07, 6.45) is 11.1. The Morgan fingerprint density at radius 1 is 1.19 bits per heavy atom. The zero-order chi connectivity index (χ0) is 26.5. The van der Waals surface area contributed by atoms with Gasteiger partial charge >= 0.3 is 5.97 Å². The van der Waals surface area contributed by atoms with E-state index in [0.717, 1.165) is 38.5 Å². The Morgan fingerprint density at radius 3 is 2.58 bits per heavy atom. The van der Waals surface area contributed by atoms with Crippen LogP contribution in [-0.2, 0) is 14.4 Å². The highest BCUT2D eigenvalue weighted by atomic mass is 16.6. The fourth-order valence-corrected chi connectivity index (χ4v) is 7.48. The van der Waals surface area contributed by atoms with Crippen LogP contribution in [0.3, 0.4) is 0 Å². The number of allylic oxidation sites excluding steroid dienone is 4. The average molecular weight is 503 g/mol. The van der Waals surface area contributed by atoms with Crippen LogP contribution in [0.2, 0.25) is 0 Å². The van der Waals surface area contributed by atoms with E-state index in [0.29, 0.717) is 23.5 Å². The maximum absolute atomic E-state index is 12.1. The number of aliphatic hydroxyl groups excluding tert-OH is 1. The number of amides is 1. The van der Waals surface area contributed by atoms with Crippen LogP contribution in [0.25, 0.3) is 0 Å². The van der Waals surface area contributed by atoms with E-state index >= 15 is 0 Å². The first-order valence-electron chi connectivity index (χ1n) is 13.2. The van der Waals surface area contributed by atoms with E-state index < -0.39 is 29.0 Å². The predicted octanol–water partition coefficient (Wildman–Crippen LogP) is 3.44. The molecule has 4 rings (SSSR count). The van der Waals surface area contributed by atoms with Gasteiger partial charge in [0.15, 0.2) is 12.7 Å². The van der Waals surface area contributed by atoms with Gasteiger partial charge in [0.25, 0.3) is 5.91 Å². The van der Waals surface area contributed by atoms with Crippen LogP contribution >= 0.6 is 0 Å². The minimum atomic E-state index is -1.58. The molecule has 0 unspecified atom stereocenters. The second-order valence-corrected chi connectivity index (χ2v) is 12.8. The molecule has 0 aromatic heterocycles. The second-order valence-electron chi connectivity index (χ2n) is 12.8. The number of nitrogens with one attached hydrogen (secondary N) is 1. The van der Waals surface area contributed by atoms with Crippen molar-refractivity contribution in [2.24, 2.45) is 39.2 Å². The van der Waals surface area contributed by atoms with Crippen molar-refractivity contribution in [1.82, 2.24) is 5.32 Å². The molecule has 0 radical (unpaired) electrons. The lowest BCUT2D eigenvalue weighted by Gasteiger charge is -2.58. The number of carboxylic acids is 1. The number of hydrogen-bond acceptors (Lipinski definition) is 6. The van der Waals surface area contributed by atoms with Gasteiger partial charge < -0.3 is 25.5 Å². The monoisotopic (exact) mass is 502 g/mol. The van der Waals surface area contributed by atoms with Crippen LogP contribution in [-0.4, -0.2) is 57.8 Å². The molecule has 0 heterocycles. The van der Waals surface area contributed by atoms with Crippen LogP contribution in [0.15, 0.2) is 29.0 Å². The molecular formula is C28H42N2O6. The number of aliphatic carboxylic acids is 1. The fraction of sp³-hybridized carbons (Fsp3) is 0.750. The van der Waals surface area contributed by atoms with Gasteiger partial charge in [0, 0.05) is 17.4 Å². The van der Waals surface area contributed by atoms with E-state index in [-0.39, 0.29) is 24.0 Å². The maximum atomic E-state index is 12.1. The van der Waals surface area contributed by atoms with Gasteiger partial charge in [-0.3, -0.25) is 4.79 Å². The molecule has 3 saturated carbocycles. The fourth-order valence-electron chi connectivity index (χ4n) is 7.48. The first-order valence-corrected chi connectivity index (χ1v) is 13.2. The van der Waals surface area contributed by atoms with Crippen molar-refractivity contribution in [2.45, 2.75) is 84.8 Å². The van der Waals surface area contributed by atoms with Gasteiger partial charge in [0.05, 0.1) is 5.60 Å². The zero-order valence-electron chi connectivity index (χ0n) is 22.2. The van der Waals surface area contributed by atoms with E-state index in [2.05, 4.69) is 36.5 Å². The molecule has 0 saturated heterocycles. The number of nitrogens with zero attached hydrogens (tertiary/aromatic N) is 1. The van der Waals surface area contributed by atoms with Crippen molar-refractivity contribution >= 4 is 17.6 Å². The summed E-state index contributed by atoms with van der Waals surface area (Å²) in [4.78, 5) is 28.4. The Hall–Kier alpha value is -2.19. The van der Waals surface area contributed by atoms with Gasteiger partial charge in [-0.2, -0.15) is 0 Å². The van der Waals surface area contributed by atoms with Gasteiger partial charge in [0.2, 0.25) is 0 Å². The topological polar surface area (TPSA) is 128 Å². The molecule has 0 aromatic rings. The highest BCUT2D eigenvalue weighted by molar-refractivity contribution is 6.05. The SMILES string of the molecule is CC(C)(CNC(=O)CON=C1C=C[C@@]2(C)C(=C1)CC[C@@H]1[C@@H]2CC[C@@]2(C)[C@H]1CC[C@]2(C)O)[C@H](O)C(=O)O. The van der Waals surface area contributed by atoms with Gasteiger partial charge in [-0.1, -0.05) is 44.5 Å². The van der Waals surface area contributed by atoms with Gasteiger partial charge in [-0.15, -0.1) is 0 Å². The van der Waals surface area contributed by atoms with Crippen molar-refractivity contribution in [2.75, 3.05) is 13.2 Å². The maximum Gasteiger partial charge on any atom is 0.333 e. The van der Waals surface area contributed by atoms with Crippen LogP contribution in [0.5, 0.6) is 0 Å². The summed E-state index contributed by atoms with van der Waals surface area (Å²) < 4.78 is 0. The van der Waals surface area contributed by atoms with Crippen molar-refractivity contribution in [3.8, 4) is 0 Å². The quantitative estimate of drug-likeness (QED) is 0.395.